The average molecular weight is 251 g/mol. The van der Waals surface area contributed by atoms with Crippen molar-refractivity contribution in [2.45, 2.75) is 19.3 Å². The van der Waals surface area contributed by atoms with Gasteiger partial charge in [0.15, 0.2) is 0 Å². The predicted octanol–water partition coefficient (Wildman–Crippen LogP) is 3.19. The van der Waals surface area contributed by atoms with Crippen molar-refractivity contribution in [3.05, 3.63) is 35.4 Å². The number of hydrogen-bond acceptors (Lipinski definition) is 4. The molecular weight excluding hydrogens is 238 g/mol. The van der Waals surface area contributed by atoms with Gasteiger partial charge in [-0.25, -0.2) is 0 Å². The van der Waals surface area contributed by atoms with E-state index in [2.05, 4.69) is 6.07 Å². The molecule has 0 saturated carbocycles. The van der Waals surface area contributed by atoms with E-state index in [1.165, 1.54) is 6.08 Å². The van der Waals surface area contributed by atoms with E-state index in [0.717, 1.165) is 24.2 Å². The van der Waals surface area contributed by atoms with Crippen LogP contribution in [0.15, 0.2) is 29.8 Å². The van der Waals surface area contributed by atoms with Gasteiger partial charge in [-0.2, -0.15) is 15.8 Å². The molecule has 0 aliphatic rings. The van der Waals surface area contributed by atoms with E-state index >= 15 is 0 Å². The van der Waals surface area contributed by atoms with Crippen LogP contribution in [0.3, 0.4) is 0 Å². The van der Waals surface area contributed by atoms with Gasteiger partial charge in [-0.3, -0.25) is 0 Å². The molecule has 0 saturated heterocycles. The molecule has 0 unspecified atom stereocenters. The first-order valence-corrected chi connectivity index (χ1v) is 5.92. The molecule has 0 aliphatic carbocycles. The van der Waals surface area contributed by atoms with Crippen LogP contribution < -0.4 is 4.74 Å². The molecule has 0 heterocycles. The molecule has 0 atom stereocenters. The van der Waals surface area contributed by atoms with Crippen LogP contribution >= 0.6 is 0 Å². The van der Waals surface area contributed by atoms with E-state index in [-0.39, 0.29) is 5.57 Å². The largest absolute Gasteiger partial charge is 0.494 e. The van der Waals surface area contributed by atoms with Crippen LogP contribution in [0.5, 0.6) is 5.75 Å². The smallest absolute Gasteiger partial charge is 0.130 e. The molecule has 0 spiro atoms. The van der Waals surface area contributed by atoms with Crippen molar-refractivity contribution in [1.29, 1.82) is 15.8 Å². The standard InChI is InChI=1S/C15H13N3O/c16-8-2-1-3-9-19-15-6-4-13(5-7-15)10-14(11-17)12-18/h4-7,10H,1-3,9H2. The van der Waals surface area contributed by atoms with Gasteiger partial charge in [0, 0.05) is 6.42 Å². The number of benzene rings is 1. The number of hydrogen-bond donors (Lipinski definition) is 0. The fourth-order valence-electron chi connectivity index (χ4n) is 1.41. The van der Waals surface area contributed by atoms with Crippen LogP contribution in [0, 0.1) is 34.0 Å². The second-order valence-corrected chi connectivity index (χ2v) is 3.81. The maximum atomic E-state index is 8.64. The van der Waals surface area contributed by atoms with Crippen molar-refractivity contribution < 1.29 is 4.74 Å². The summed E-state index contributed by atoms with van der Waals surface area (Å²) in [6.07, 6.45) is 3.77. The molecular formula is C15H13N3O. The average Bonchev–Trinajstić information content (AvgIpc) is 2.46. The number of ether oxygens (including phenoxy) is 1. The molecule has 1 aromatic rings. The third kappa shape index (κ3) is 5.39. The monoisotopic (exact) mass is 251 g/mol. The van der Waals surface area contributed by atoms with Crippen molar-refractivity contribution in [2.24, 2.45) is 0 Å². The summed E-state index contributed by atoms with van der Waals surface area (Å²) in [6.45, 7) is 0.582. The molecule has 0 aromatic heterocycles. The van der Waals surface area contributed by atoms with E-state index in [4.69, 9.17) is 20.5 Å². The Hall–Kier alpha value is -2.77. The number of unbranched alkanes of at least 4 members (excludes halogenated alkanes) is 2. The van der Waals surface area contributed by atoms with Gasteiger partial charge in [0.05, 0.1) is 12.7 Å². The highest BCUT2D eigenvalue weighted by Gasteiger charge is 1.96. The molecule has 0 fully saturated rings. The highest BCUT2D eigenvalue weighted by atomic mass is 16.5. The fraction of sp³-hybridized carbons (Fsp3) is 0.267. The Bertz CT molecular complexity index is 537. The lowest BCUT2D eigenvalue weighted by molar-refractivity contribution is 0.307. The summed E-state index contributed by atoms with van der Waals surface area (Å²) < 4.78 is 5.51. The maximum Gasteiger partial charge on any atom is 0.130 e. The molecule has 1 rings (SSSR count). The van der Waals surface area contributed by atoms with E-state index in [1.807, 2.05) is 12.1 Å². The summed E-state index contributed by atoms with van der Waals surface area (Å²) in [4.78, 5) is 0. The molecule has 1 aromatic carbocycles. The maximum absolute atomic E-state index is 8.64. The minimum Gasteiger partial charge on any atom is -0.494 e. The molecule has 4 heteroatoms. The van der Waals surface area contributed by atoms with Gasteiger partial charge in [-0.05, 0) is 36.6 Å². The van der Waals surface area contributed by atoms with Crippen molar-refractivity contribution in [3.63, 3.8) is 0 Å². The van der Waals surface area contributed by atoms with Gasteiger partial charge in [0.2, 0.25) is 0 Å². The van der Waals surface area contributed by atoms with E-state index in [0.29, 0.717) is 13.0 Å². The zero-order valence-electron chi connectivity index (χ0n) is 10.5. The zero-order chi connectivity index (χ0) is 13.9. The van der Waals surface area contributed by atoms with Crippen molar-refractivity contribution in [1.82, 2.24) is 0 Å². The highest BCUT2D eigenvalue weighted by molar-refractivity contribution is 5.62. The summed E-state index contributed by atoms with van der Waals surface area (Å²) in [6, 6.07) is 12.9. The van der Waals surface area contributed by atoms with Gasteiger partial charge < -0.3 is 4.74 Å². The Morgan fingerprint density at radius 2 is 1.74 bits per heavy atom. The Morgan fingerprint density at radius 3 is 2.32 bits per heavy atom. The first-order valence-electron chi connectivity index (χ1n) is 5.92. The van der Waals surface area contributed by atoms with E-state index < -0.39 is 0 Å². The number of rotatable bonds is 6. The van der Waals surface area contributed by atoms with Crippen molar-refractivity contribution >= 4 is 6.08 Å². The van der Waals surface area contributed by atoms with Crippen LogP contribution in [-0.4, -0.2) is 6.61 Å². The summed E-state index contributed by atoms with van der Waals surface area (Å²) in [5.74, 6) is 0.740. The van der Waals surface area contributed by atoms with Gasteiger partial charge in [0.25, 0.3) is 0 Å². The van der Waals surface area contributed by atoms with Crippen molar-refractivity contribution in [2.75, 3.05) is 6.61 Å². The van der Waals surface area contributed by atoms with Crippen LogP contribution in [0.2, 0.25) is 0 Å². The summed E-state index contributed by atoms with van der Waals surface area (Å²) in [5.41, 5.74) is 0.861. The van der Waals surface area contributed by atoms with E-state index in [1.54, 1.807) is 24.3 Å². The zero-order valence-corrected chi connectivity index (χ0v) is 10.5. The fourth-order valence-corrected chi connectivity index (χ4v) is 1.41. The lowest BCUT2D eigenvalue weighted by Crippen LogP contribution is -1.96. The minimum atomic E-state index is 0.0742. The number of allylic oxidation sites excluding steroid dienone is 1. The lowest BCUT2D eigenvalue weighted by Gasteiger charge is -2.05. The molecule has 0 aliphatic heterocycles. The summed E-state index contributed by atoms with van der Waals surface area (Å²) in [7, 11) is 0. The van der Waals surface area contributed by atoms with Crippen LogP contribution in [0.1, 0.15) is 24.8 Å². The van der Waals surface area contributed by atoms with Gasteiger partial charge >= 0.3 is 0 Å². The molecule has 0 amide bonds. The van der Waals surface area contributed by atoms with Crippen LogP contribution in [0.4, 0.5) is 0 Å². The third-order valence-electron chi connectivity index (χ3n) is 2.38. The van der Waals surface area contributed by atoms with Gasteiger partial charge in [0.1, 0.15) is 23.5 Å². The minimum absolute atomic E-state index is 0.0742. The second kappa shape index (κ2) is 8.34. The van der Waals surface area contributed by atoms with E-state index in [9.17, 15) is 0 Å². The number of nitrogens with zero attached hydrogens (tertiary/aromatic N) is 3. The SMILES string of the molecule is N#CCCCCOc1ccc(C=C(C#N)C#N)cc1. The lowest BCUT2D eigenvalue weighted by atomic mass is 10.1. The van der Waals surface area contributed by atoms with Gasteiger partial charge in [-0.15, -0.1) is 0 Å². The molecule has 0 radical (unpaired) electrons. The predicted molar refractivity (Wildman–Crippen MR) is 70.6 cm³/mol. The van der Waals surface area contributed by atoms with Gasteiger partial charge in [-0.1, -0.05) is 12.1 Å². The first kappa shape index (κ1) is 14.3. The Kier molecular flexibility index (Phi) is 6.27. The Morgan fingerprint density at radius 1 is 1.05 bits per heavy atom. The molecule has 94 valence electrons. The van der Waals surface area contributed by atoms with Crippen molar-refractivity contribution in [3.8, 4) is 24.0 Å². The molecule has 0 bridgehead atoms. The summed E-state index contributed by atoms with van der Waals surface area (Å²) >= 11 is 0. The molecule has 19 heavy (non-hydrogen) atoms. The second-order valence-electron chi connectivity index (χ2n) is 3.81. The van der Waals surface area contributed by atoms with Crippen LogP contribution in [0.25, 0.3) is 6.08 Å². The normalized spacial score (nSPS) is 8.68. The Labute approximate surface area is 112 Å². The molecule has 0 N–H and O–H groups in total. The summed E-state index contributed by atoms with van der Waals surface area (Å²) in [5, 5.41) is 25.7. The topological polar surface area (TPSA) is 80.6 Å². The molecule has 4 nitrogen and oxygen atoms in total. The highest BCUT2D eigenvalue weighted by Crippen LogP contribution is 2.14. The Balaban J connectivity index is 2.49. The number of nitriles is 3. The third-order valence-corrected chi connectivity index (χ3v) is 2.38. The first-order chi connectivity index (χ1) is 9.30. The quantitative estimate of drug-likeness (QED) is 0.574. The van der Waals surface area contributed by atoms with Crippen LogP contribution in [-0.2, 0) is 0 Å².